The number of nitriles is 1. The van der Waals surface area contributed by atoms with E-state index in [0.717, 1.165) is 11.1 Å². The number of hydrogen-bond acceptors (Lipinski definition) is 3. The average Bonchev–Trinajstić information content (AvgIpc) is 2.52. The summed E-state index contributed by atoms with van der Waals surface area (Å²) in [6, 6.07) is 18.5. The molecule has 0 atom stereocenters. The molecule has 0 unspecified atom stereocenters. The summed E-state index contributed by atoms with van der Waals surface area (Å²) in [6.45, 7) is 0.261. The average molecular weight is 263 g/mol. The van der Waals surface area contributed by atoms with Gasteiger partial charge in [0.05, 0.1) is 11.6 Å². The van der Waals surface area contributed by atoms with Gasteiger partial charge < -0.3 is 4.74 Å². The van der Waals surface area contributed by atoms with Crippen molar-refractivity contribution in [3.05, 3.63) is 77.4 Å². The molecule has 3 heteroatoms. The molecule has 0 fully saturated rings. The fourth-order valence-electron chi connectivity index (χ4n) is 1.61. The first-order valence-corrected chi connectivity index (χ1v) is 6.17. The van der Waals surface area contributed by atoms with E-state index in [9.17, 15) is 4.79 Å². The normalized spacial score (nSPS) is 10.2. The molecular weight excluding hydrogens is 250 g/mol. The minimum absolute atomic E-state index is 0.261. The van der Waals surface area contributed by atoms with E-state index in [4.69, 9.17) is 10.00 Å². The van der Waals surface area contributed by atoms with E-state index in [0.29, 0.717) is 5.56 Å². The first-order valence-electron chi connectivity index (χ1n) is 6.17. The van der Waals surface area contributed by atoms with Crippen molar-refractivity contribution in [3.8, 4) is 6.07 Å². The molecule has 0 saturated carbocycles. The van der Waals surface area contributed by atoms with E-state index < -0.39 is 5.97 Å². The lowest BCUT2D eigenvalue weighted by molar-refractivity contribution is -0.138. The van der Waals surface area contributed by atoms with Crippen LogP contribution in [0.4, 0.5) is 0 Å². The molecule has 0 heterocycles. The van der Waals surface area contributed by atoms with Crippen molar-refractivity contribution in [2.24, 2.45) is 0 Å². The van der Waals surface area contributed by atoms with E-state index in [1.54, 1.807) is 30.3 Å². The van der Waals surface area contributed by atoms with Gasteiger partial charge in [0.2, 0.25) is 0 Å². The second kappa shape index (κ2) is 6.91. The molecule has 0 spiro atoms. The van der Waals surface area contributed by atoms with Crippen molar-refractivity contribution in [3.63, 3.8) is 0 Å². The maximum atomic E-state index is 11.6. The molecule has 0 aliphatic rings. The molecule has 0 aliphatic heterocycles. The molecule has 98 valence electrons. The third kappa shape index (κ3) is 4.11. The van der Waals surface area contributed by atoms with Crippen LogP contribution in [0.1, 0.15) is 16.7 Å². The maximum absolute atomic E-state index is 11.6. The summed E-state index contributed by atoms with van der Waals surface area (Å²) < 4.78 is 5.12. The van der Waals surface area contributed by atoms with E-state index in [1.165, 1.54) is 6.08 Å². The number of hydrogen-bond donors (Lipinski definition) is 0. The Balaban J connectivity index is 1.87. The van der Waals surface area contributed by atoms with Crippen molar-refractivity contribution in [1.29, 1.82) is 5.26 Å². The van der Waals surface area contributed by atoms with Gasteiger partial charge in [0.15, 0.2) is 0 Å². The fraction of sp³-hybridized carbons (Fsp3) is 0.0588. The molecular formula is C17H13NO2. The number of rotatable bonds is 4. The number of benzene rings is 2. The molecule has 0 aliphatic carbocycles. The van der Waals surface area contributed by atoms with Crippen molar-refractivity contribution >= 4 is 12.0 Å². The molecule has 0 N–H and O–H groups in total. The summed E-state index contributed by atoms with van der Waals surface area (Å²) in [6.07, 6.45) is 3.04. The van der Waals surface area contributed by atoms with Gasteiger partial charge in [-0.05, 0) is 29.3 Å². The minimum Gasteiger partial charge on any atom is -0.458 e. The van der Waals surface area contributed by atoms with Gasteiger partial charge in [0.1, 0.15) is 6.61 Å². The van der Waals surface area contributed by atoms with Crippen LogP contribution in [0.25, 0.3) is 6.08 Å². The number of ether oxygens (including phenoxy) is 1. The van der Waals surface area contributed by atoms with Crippen LogP contribution < -0.4 is 0 Å². The highest BCUT2D eigenvalue weighted by molar-refractivity contribution is 5.87. The van der Waals surface area contributed by atoms with E-state index >= 15 is 0 Å². The number of esters is 1. The van der Waals surface area contributed by atoms with Crippen molar-refractivity contribution in [2.45, 2.75) is 6.61 Å². The highest BCUT2D eigenvalue weighted by Gasteiger charge is 1.98. The molecule has 2 rings (SSSR count). The quantitative estimate of drug-likeness (QED) is 0.628. The Morgan fingerprint density at radius 2 is 1.80 bits per heavy atom. The largest absolute Gasteiger partial charge is 0.458 e. The Morgan fingerprint density at radius 3 is 2.45 bits per heavy atom. The lowest BCUT2D eigenvalue weighted by Crippen LogP contribution is -2.00. The first kappa shape index (κ1) is 13.6. The third-order valence-electron chi connectivity index (χ3n) is 2.68. The lowest BCUT2D eigenvalue weighted by Gasteiger charge is -2.01. The van der Waals surface area contributed by atoms with Gasteiger partial charge in [-0.1, -0.05) is 42.5 Å². The smallest absolute Gasteiger partial charge is 0.331 e. The maximum Gasteiger partial charge on any atom is 0.331 e. The highest BCUT2D eigenvalue weighted by Crippen LogP contribution is 2.06. The van der Waals surface area contributed by atoms with E-state index in [1.807, 2.05) is 36.4 Å². The van der Waals surface area contributed by atoms with Gasteiger partial charge in [0.25, 0.3) is 0 Å². The summed E-state index contributed by atoms with van der Waals surface area (Å²) in [5.41, 5.74) is 2.39. The third-order valence-corrected chi connectivity index (χ3v) is 2.68. The molecule has 20 heavy (non-hydrogen) atoms. The molecule has 0 saturated heterocycles. The Labute approximate surface area is 117 Å². The van der Waals surface area contributed by atoms with Crippen LogP contribution in [0.2, 0.25) is 0 Å². The number of nitrogens with zero attached hydrogens (tertiary/aromatic N) is 1. The Hall–Kier alpha value is -2.86. The Morgan fingerprint density at radius 1 is 1.10 bits per heavy atom. The molecule has 2 aromatic rings. The number of carbonyl (C=O) groups is 1. The summed E-state index contributed by atoms with van der Waals surface area (Å²) in [7, 11) is 0. The van der Waals surface area contributed by atoms with Gasteiger partial charge in [-0.2, -0.15) is 5.26 Å². The predicted molar refractivity (Wildman–Crippen MR) is 76.4 cm³/mol. The first-order chi connectivity index (χ1) is 9.78. The van der Waals surface area contributed by atoms with Crippen molar-refractivity contribution < 1.29 is 9.53 Å². The zero-order chi connectivity index (χ0) is 14.2. The van der Waals surface area contributed by atoms with E-state index in [2.05, 4.69) is 0 Å². The van der Waals surface area contributed by atoms with Crippen LogP contribution in [0, 0.1) is 11.3 Å². The van der Waals surface area contributed by atoms with Crippen LogP contribution in [-0.2, 0) is 16.1 Å². The van der Waals surface area contributed by atoms with Crippen LogP contribution in [0.5, 0.6) is 0 Å². The SMILES string of the molecule is N#Cc1ccc(C=CC(=O)OCc2ccccc2)cc1. The van der Waals surface area contributed by atoms with Crippen LogP contribution >= 0.6 is 0 Å². The summed E-state index contributed by atoms with van der Waals surface area (Å²) in [5, 5.41) is 8.68. The Bertz CT molecular complexity index is 637. The highest BCUT2D eigenvalue weighted by atomic mass is 16.5. The molecule has 0 amide bonds. The van der Waals surface area contributed by atoms with Crippen LogP contribution in [0.15, 0.2) is 60.7 Å². The van der Waals surface area contributed by atoms with Gasteiger partial charge >= 0.3 is 5.97 Å². The molecule has 0 bridgehead atoms. The second-order valence-corrected chi connectivity index (χ2v) is 4.16. The monoisotopic (exact) mass is 263 g/mol. The van der Waals surface area contributed by atoms with Gasteiger partial charge in [-0.15, -0.1) is 0 Å². The Kier molecular flexibility index (Phi) is 4.69. The van der Waals surface area contributed by atoms with Gasteiger partial charge in [0, 0.05) is 6.08 Å². The lowest BCUT2D eigenvalue weighted by atomic mass is 10.1. The standard InChI is InChI=1S/C17H13NO2/c18-12-15-8-6-14(7-9-15)10-11-17(19)20-13-16-4-2-1-3-5-16/h1-11H,13H2. The second-order valence-electron chi connectivity index (χ2n) is 4.16. The van der Waals surface area contributed by atoms with Crippen molar-refractivity contribution in [1.82, 2.24) is 0 Å². The molecule has 3 nitrogen and oxygen atoms in total. The van der Waals surface area contributed by atoms with Gasteiger partial charge in [-0.25, -0.2) is 4.79 Å². The zero-order valence-electron chi connectivity index (χ0n) is 10.8. The minimum atomic E-state index is -0.391. The summed E-state index contributed by atoms with van der Waals surface area (Å²) in [4.78, 5) is 11.6. The molecule has 0 radical (unpaired) electrons. The van der Waals surface area contributed by atoms with Crippen molar-refractivity contribution in [2.75, 3.05) is 0 Å². The zero-order valence-corrected chi connectivity index (χ0v) is 10.8. The predicted octanol–water partition coefficient (Wildman–Crippen LogP) is 3.31. The number of carbonyl (C=O) groups excluding carboxylic acids is 1. The van der Waals surface area contributed by atoms with Gasteiger partial charge in [-0.3, -0.25) is 0 Å². The molecule has 2 aromatic carbocycles. The van der Waals surface area contributed by atoms with E-state index in [-0.39, 0.29) is 6.61 Å². The topological polar surface area (TPSA) is 50.1 Å². The fourth-order valence-corrected chi connectivity index (χ4v) is 1.61. The van der Waals surface area contributed by atoms with Crippen LogP contribution in [0.3, 0.4) is 0 Å². The summed E-state index contributed by atoms with van der Waals surface area (Å²) >= 11 is 0. The molecule has 0 aromatic heterocycles. The van der Waals surface area contributed by atoms with Crippen LogP contribution in [-0.4, -0.2) is 5.97 Å². The summed E-state index contributed by atoms with van der Waals surface area (Å²) in [5.74, 6) is -0.391.